The van der Waals surface area contributed by atoms with Crippen molar-refractivity contribution in [3.05, 3.63) is 57.0 Å². The first kappa shape index (κ1) is 19.8. The van der Waals surface area contributed by atoms with Crippen molar-refractivity contribution < 1.29 is 19.7 Å². The molecule has 0 aromatic heterocycles. The number of hydrogen-bond donors (Lipinski definition) is 3. The lowest BCUT2D eigenvalue weighted by Crippen LogP contribution is -2.22. The van der Waals surface area contributed by atoms with Crippen LogP contribution in [0, 0.1) is 5.92 Å². The Balaban J connectivity index is 2.26. The van der Waals surface area contributed by atoms with E-state index >= 15 is 0 Å². The van der Waals surface area contributed by atoms with Gasteiger partial charge in [-0.3, -0.25) is 5.32 Å². The Labute approximate surface area is 163 Å². The molecule has 7 heteroatoms. The summed E-state index contributed by atoms with van der Waals surface area (Å²) in [4.78, 5) is 12.3. The molecule has 0 aliphatic heterocycles. The van der Waals surface area contributed by atoms with E-state index < -0.39 is 12.2 Å². The van der Waals surface area contributed by atoms with E-state index in [1.807, 2.05) is 13.0 Å². The molecule has 0 spiro atoms. The number of halogens is 2. The van der Waals surface area contributed by atoms with Gasteiger partial charge in [0.05, 0.1) is 4.47 Å². The minimum Gasteiger partial charge on any atom is -0.506 e. The van der Waals surface area contributed by atoms with Crippen molar-refractivity contribution in [2.24, 2.45) is 5.92 Å². The van der Waals surface area contributed by atoms with Gasteiger partial charge >= 0.3 is 6.09 Å². The van der Waals surface area contributed by atoms with E-state index in [4.69, 9.17) is 4.74 Å². The second-order valence-electron chi connectivity index (χ2n) is 5.63. The maximum absolute atomic E-state index is 12.3. The molecule has 0 aliphatic rings. The number of carbonyl (C=O) groups excluding carboxylic acids is 1. The average molecular weight is 473 g/mol. The molecule has 134 valence electrons. The summed E-state index contributed by atoms with van der Waals surface area (Å²) in [6.45, 7) is 1.81. The van der Waals surface area contributed by atoms with Gasteiger partial charge in [0.15, 0.2) is 0 Å². The molecule has 5 nitrogen and oxygen atoms in total. The van der Waals surface area contributed by atoms with Gasteiger partial charge in [0, 0.05) is 22.3 Å². The number of ether oxygens (including phenoxy) is 1. The largest absolute Gasteiger partial charge is 0.506 e. The molecule has 2 atom stereocenters. The zero-order chi connectivity index (χ0) is 18.4. The van der Waals surface area contributed by atoms with Crippen molar-refractivity contribution >= 4 is 43.6 Å². The number of aliphatic hydroxyl groups is 1. The first-order valence-electron chi connectivity index (χ1n) is 7.73. The molecule has 0 fully saturated rings. The van der Waals surface area contributed by atoms with Crippen molar-refractivity contribution in [1.29, 1.82) is 0 Å². The number of rotatable bonds is 6. The molecule has 3 N–H and O–H groups in total. The van der Waals surface area contributed by atoms with Gasteiger partial charge in [0.25, 0.3) is 0 Å². The van der Waals surface area contributed by atoms with Gasteiger partial charge in [-0.1, -0.05) is 41.1 Å². The summed E-state index contributed by atoms with van der Waals surface area (Å²) in [7, 11) is 0. The Kier molecular flexibility index (Phi) is 7.28. The van der Waals surface area contributed by atoms with Crippen LogP contribution in [0.2, 0.25) is 0 Å². The number of aromatic hydroxyl groups is 1. The number of phenols is 1. The molecule has 0 aliphatic carbocycles. The van der Waals surface area contributed by atoms with Crippen molar-refractivity contribution in [1.82, 2.24) is 0 Å². The maximum Gasteiger partial charge on any atom is 0.412 e. The van der Waals surface area contributed by atoms with Crippen LogP contribution in [-0.4, -0.2) is 22.9 Å². The van der Waals surface area contributed by atoms with Crippen LogP contribution < -0.4 is 5.32 Å². The van der Waals surface area contributed by atoms with E-state index in [0.29, 0.717) is 22.1 Å². The highest BCUT2D eigenvalue weighted by molar-refractivity contribution is 9.11. The molecule has 2 aromatic rings. The third-order valence-corrected chi connectivity index (χ3v) is 4.78. The zero-order valence-corrected chi connectivity index (χ0v) is 16.7. The fraction of sp³-hybridized carbons (Fsp3) is 0.278. The lowest BCUT2D eigenvalue weighted by molar-refractivity contribution is 0.0651. The predicted octanol–water partition coefficient (Wildman–Crippen LogP) is 5.23. The third-order valence-electron chi connectivity index (χ3n) is 3.72. The lowest BCUT2D eigenvalue weighted by Gasteiger charge is -2.25. The van der Waals surface area contributed by atoms with Crippen molar-refractivity contribution in [3.8, 4) is 5.75 Å². The van der Waals surface area contributed by atoms with Crippen LogP contribution >= 0.6 is 31.9 Å². The summed E-state index contributed by atoms with van der Waals surface area (Å²) < 4.78 is 6.81. The van der Waals surface area contributed by atoms with Crippen molar-refractivity contribution in [3.63, 3.8) is 0 Å². The molecule has 0 unspecified atom stereocenters. The second-order valence-corrected chi connectivity index (χ2v) is 7.40. The van der Waals surface area contributed by atoms with Gasteiger partial charge < -0.3 is 14.9 Å². The normalized spacial score (nSPS) is 13.1. The summed E-state index contributed by atoms with van der Waals surface area (Å²) >= 11 is 6.66. The van der Waals surface area contributed by atoms with Crippen LogP contribution in [0.5, 0.6) is 5.75 Å². The molecule has 0 bridgehead atoms. The minimum atomic E-state index is -0.718. The van der Waals surface area contributed by atoms with E-state index in [0.717, 1.165) is 4.47 Å². The molecule has 0 radical (unpaired) electrons. The topological polar surface area (TPSA) is 78.8 Å². The summed E-state index contributed by atoms with van der Waals surface area (Å²) in [6, 6.07) is 12.4. The predicted molar refractivity (Wildman–Crippen MR) is 104 cm³/mol. The molecule has 1 amide bonds. The van der Waals surface area contributed by atoms with Gasteiger partial charge in [0.1, 0.15) is 11.9 Å². The van der Waals surface area contributed by atoms with E-state index in [2.05, 4.69) is 37.2 Å². The highest BCUT2D eigenvalue weighted by atomic mass is 79.9. The lowest BCUT2D eigenvalue weighted by atomic mass is 9.94. The number of nitrogens with one attached hydrogen (secondary N) is 1. The van der Waals surface area contributed by atoms with Crippen LogP contribution in [-0.2, 0) is 4.74 Å². The van der Waals surface area contributed by atoms with Crippen LogP contribution in [0.4, 0.5) is 10.5 Å². The fourth-order valence-electron chi connectivity index (χ4n) is 2.43. The summed E-state index contributed by atoms with van der Waals surface area (Å²) in [5.41, 5.74) is 1.08. The third kappa shape index (κ3) is 5.45. The van der Waals surface area contributed by atoms with Crippen molar-refractivity contribution in [2.45, 2.75) is 19.4 Å². The van der Waals surface area contributed by atoms with Crippen LogP contribution in [0.15, 0.2) is 51.4 Å². The number of amides is 1. The molecule has 0 saturated heterocycles. The van der Waals surface area contributed by atoms with Gasteiger partial charge in [-0.2, -0.15) is 0 Å². The number of benzene rings is 2. The molecule has 2 rings (SSSR count). The number of phenolic OH excluding ortho intramolecular Hbond substituents is 1. The summed E-state index contributed by atoms with van der Waals surface area (Å²) in [5, 5.41) is 22.3. The van der Waals surface area contributed by atoms with Gasteiger partial charge in [-0.15, -0.1) is 0 Å². The first-order valence-corrected chi connectivity index (χ1v) is 9.32. The average Bonchev–Trinajstić information content (AvgIpc) is 2.57. The summed E-state index contributed by atoms with van der Waals surface area (Å²) in [6.07, 6.45) is -0.923. The van der Waals surface area contributed by atoms with Crippen LogP contribution in [0.3, 0.4) is 0 Å². The Morgan fingerprint density at radius 3 is 2.56 bits per heavy atom. The highest BCUT2D eigenvalue weighted by Crippen LogP contribution is 2.40. The van der Waals surface area contributed by atoms with Gasteiger partial charge in [-0.25, -0.2) is 4.79 Å². The Morgan fingerprint density at radius 2 is 1.92 bits per heavy atom. The van der Waals surface area contributed by atoms with Gasteiger partial charge in [0.2, 0.25) is 0 Å². The molecule has 0 saturated carbocycles. The fourth-order valence-corrected chi connectivity index (χ4v) is 3.69. The second kappa shape index (κ2) is 9.22. The Bertz CT molecular complexity index is 725. The SMILES string of the molecule is C[C@H](CCO)[C@H](OC(=O)Nc1ccccc1)c1cc(Br)cc(Br)c1O. The Morgan fingerprint density at radius 1 is 1.24 bits per heavy atom. The number of para-hydroxylation sites is 1. The number of aliphatic hydroxyl groups excluding tert-OH is 1. The number of carbonyl (C=O) groups is 1. The van der Waals surface area contributed by atoms with Crippen LogP contribution in [0.1, 0.15) is 25.0 Å². The van der Waals surface area contributed by atoms with E-state index in [1.165, 1.54) is 0 Å². The van der Waals surface area contributed by atoms with E-state index in [-0.39, 0.29) is 18.3 Å². The van der Waals surface area contributed by atoms with E-state index in [9.17, 15) is 15.0 Å². The molecule has 2 aromatic carbocycles. The maximum atomic E-state index is 12.3. The standard InChI is InChI=1S/C18H19Br2NO4/c1-11(7-8-22)17(14-9-12(19)10-15(20)16(14)23)25-18(24)21-13-5-3-2-4-6-13/h2-6,9-11,17,22-23H,7-8H2,1H3,(H,21,24)/t11-,17+/m1/s1. The number of anilines is 1. The minimum absolute atomic E-state index is 0.00509. The highest BCUT2D eigenvalue weighted by Gasteiger charge is 2.27. The van der Waals surface area contributed by atoms with Gasteiger partial charge in [-0.05, 0) is 52.5 Å². The zero-order valence-electron chi connectivity index (χ0n) is 13.6. The van der Waals surface area contributed by atoms with Crippen molar-refractivity contribution in [2.75, 3.05) is 11.9 Å². The molecular formula is C18H19Br2NO4. The van der Waals surface area contributed by atoms with E-state index in [1.54, 1.807) is 36.4 Å². The Hall–Kier alpha value is -1.57. The monoisotopic (exact) mass is 471 g/mol. The van der Waals surface area contributed by atoms with Crippen LogP contribution in [0.25, 0.3) is 0 Å². The molecule has 0 heterocycles. The molecule has 25 heavy (non-hydrogen) atoms. The summed E-state index contributed by atoms with van der Waals surface area (Å²) in [5.74, 6) is -0.191. The quantitative estimate of drug-likeness (QED) is 0.538. The smallest absolute Gasteiger partial charge is 0.412 e. The first-order chi connectivity index (χ1) is 11.9. The molecular weight excluding hydrogens is 454 g/mol. The number of hydrogen-bond acceptors (Lipinski definition) is 4.